The number of rotatable bonds is 4. The fourth-order valence-electron chi connectivity index (χ4n) is 2.29. The molecule has 2 aromatic rings. The zero-order valence-electron chi connectivity index (χ0n) is 11.7. The average Bonchev–Trinajstić information content (AvgIpc) is 2.45. The minimum Gasteiger partial charge on any atom is -0.324 e. The van der Waals surface area contributed by atoms with Gasteiger partial charge in [0, 0.05) is 18.4 Å². The van der Waals surface area contributed by atoms with Crippen LogP contribution in [0.25, 0.3) is 0 Å². The van der Waals surface area contributed by atoms with Crippen molar-refractivity contribution in [2.75, 3.05) is 0 Å². The minimum absolute atomic E-state index is 0.285. The van der Waals surface area contributed by atoms with Crippen molar-refractivity contribution >= 4 is 0 Å². The van der Waals surface area contributed by atoms with Gasteiger partial charge in [-0.3, -0.25) is 4.98 Å². The summed E-state index contributed by atoms with van der Waals surface area (Å²) in [4.78, 5) is 4.03. The van der Waals surface area contributed by atoms with E-state index in [1.54, 1.807) is 19.3 Å². The molecule has 0 aliphatic rings. The van der Waals surface area contributed by atoms with Crippen LogP contribution in [-0.4, -0.2) is 4.98 Å². The summed E-state index contributed by atoms with van der Waals surface area (Å²) < 4.78 is 37.9. The molecule has 0 spiro atoms. The Bertz CT molecular complexity index is 594. The van der Waals surface area contributed by atoms with Crippen molar-refractivity contribution in [3.8, 4) is 0 Å². The lowest BCUT2D eigenvalue weighted by atomic mass is 9.95. The summed E-state index contributed by atoms with van der Waals surface area (Å²) in [5.74, 6) is 0. The first-order valence-electron chi connectivity index (χ1n) is 6.70. The van der Waals surface area contributed by atoms with Crippen LogP contribution in [0.4, 0.5) is 13.2 Å². The number of halogens is 3. The van der Waals surface area contributed by atoms with Gasteiger partial charge in [-0.25, -0.2) is 0 Å². The number of pyridine rings is 1. The number of hydrogen-bond donors (Lipinski definition) is 1. The maximum absolute atomic E-state index is 12.6. The molecule has 2 N–H and O–H groups in total. The number of alkyl halides is 3. The molecule has 1 aromatic heterocycles. The fourth-order valence-corrected chi connectivity index (χ4v) is 2.29. The molecule has 112 valence electrons. The van der Waals surface area contributed by atoms with E-state index in [1.807, 2.05) is 12.1 Å². The molecule has 2 nitrogen and oxygen atoms in total. The molecule has 5 heteroatoms. The molecule has 0 aliphatic carbocycles. The van der Waals surface area contributed by atoms with Crippen molar-refractivity contribution in [3.05, 3.63) is 65.0 Å². The number of aryl methyl sites for hydroxylation is 2. The van der Waals surface area contributed by atoms with Gasteiger partial charge in [0.1, 0.15) is 0 Å². The molecule has 2 rings (SSSR count). The average molecular weight is 294 g/mol. The van der Waals surface area contributed by atoms with E-state index in [4.69, 9.17) is 5.73 Å². The van der Waals surface area contributed by atoms with E-state index in [2.05, 4.69) is 4.98 Å². The van der Waals surface area contributed by atoms with Gasteiger partial charge in [-0.15, -0.1) is 0 Å². The molecule has 0 fully saturated rings. The molecule has 0 amide bonds. The van der Waals surface area contributed by atoms with Crippen LogP contribution in [0.1, 0.15) is 34.7 Å². The van der Waals surface area contributed by atoms with Crippen LogP contribution < -0.4 is 5.73 Å². The van der Waals surface area contributed by atoms with Crippen LogP contribution in [0.5, 0.6) is 0 Å². The van der Waals surface area contributed by atoms with Crippen LogP contribution >= 0.6 is 0 Å². The first kappa shape index (κ1) is 15.5. The van der Waals surface area contributed by atoms with Crippen LogP contribution in [0, 0.1) is 6.92 Å². The van der Waals surface area contributed by atoms with Gasteiger partial charge in [0.15, 0.2) is 0 Å². The summed E-state index contributed by atoms with van der Waals surface area (Å²) in [7, 11) is 0. The summed E-state index contributed by atoms with van der Waals surface area (Å²) >= 11 is 0. The molecule has 1 unspecified atom stereocenters. The van der Waals surface area contributed by atoms with Gasteiger partial charge in [-0.05, 0) is 54.7 Å². The topological polar surface area (TPSA) is 38.9 Å². The van der Waals surface area contributed by atoms with Gasteiger partial charge < -0.3 is 5.73 Å². The molecule has 0 bridgehead atoms. The van der Waals surface area contributed by atoms with Gasteiger partial charge in [0.2, 0.25) is 0 Å². The predicted octanol–water partition coefficient (Wildman–Crippen LogP) is 4.04. The lowest BCUT2D eigenvalue weighted by Gasteiger charge is -2.16. The van der Waals surface area contributed by atoms with E-state index in [0.29, 0.717) is 12.0 Å². The summed E-state index contributed by atoms with van der Waals surface area (Å²) in [5.41, 5.74) is 7.86. The van der Waals surface area contributed by atoms with Crippen LogP contribution in [0.2, 0.25) is 0 Å². The van der Waals surface area contributed by atoms with Crippen molar-refractivity contribution < 1.29 is 13.2 Å². The van der Waals surface area contributed by atoms with Crippen LogP contribution in [-0.2, 0) is 12.6 Å². The van der Waals surface area contributed by atoms with Gasteiger partial charge in [-0.2, -0.15) is 13.2 Å². The highest BCUT2D eigenvalue weighted by Gasteiger charge is 2.30. The number of hydrogen-bond acceptors (Lipinski definition) is 2. The van der Waals surface area contributed by atoms with Crippen molar-refractivity contribution in [2.24, 2.45) is 5.73 Å². The van der Waals surface area contributed by atoms with Crippen LogP contribution in [0.3, 0.4) is 0 Å². The lowest BCUT2D eigenvalue weighted by Crippen LogP contribution is -2.14. The molecule has 0 radical (unpaired) electrons. The highest BCUT2D eigenvalue weighted by molar-refractivity contribution is 5.34. The first-order valence-corrected chi connectivity index (χ1v) is 6.70. The van der Waals surface area contributed by atoms with E-state index in [1.165, 1.54) is 6.07 Å². The van der Waals surface area contributed by atoms with Gasteiger partial charge in [0.25, 0.3) is 0 Å². The Kier molecular flexibility index (Phi) is 4.63. The van der Waals surface area contributed by atoms with Crippen molar-refractivity contribution in [3.63, 3.8) is 0 Å². The Morgan fingerprint density at radius 2 is 2.00 bits per heavy atom. The highest BCUT2D eigenvalue weighted by atomic mass is 19.4. The first-order chi connectivity index (χ1) is 9.88. The van der Waals surface area contributed by atoms with Crippen LogP contribution in [0.15, 0.2) is 42.7 Å². The molecular weight excluding hydrogens is 277 g/mol. The minimum atomic E-state index is -4.32. The summed E-state index contributed by atoms with van der Waals surface area (Å²) in [5, 5.41) is 0. The Balaban J connectivity index is 2.07. The molecule has 0 aliphatic heterocycles. The second-order valence-electron chi connectivity index (χ2n) is 5.08. The van der Waals surface area contributed by atoms with Gasteiger partial charge >= 0.3 is 6.18 Å². The zero-order valence-corrected chi connectivity index (χ0v) is 11.7. The molecular formula is C16H17F3N2. The Morgan fingerprint density at radius 3 is 2.57 bits per heavy atom. The number of benzene rings is 1. The Hall–Kier alpha value is -1.88. The summed E-state index contributed by atoms with van der Waals surface area (Å²) in [6.45, 7) is 1.66. The molecule has 21 heavy (non-hydrogen) atoms. The van der Waals surface area contributed by atoms with E-state index in [-0.39, 0.29) is 6.04 Å². The molecule has 1 atom stereocenters. The molecule has 1 heterocycles. The van der Waals surface area contributed by atoms with E-state index < -0.39 is 11.7 Å². The monoisotopic (exact) mass is 294 g/mol. The Labute approximate surface area is 121 Å². The summed E-state index contributed by atoms with van der Waals surface area (Å²) in [6, 6.07) is 7.24. The van der Waals surface area contributed by atoms with Crippen molar-refractivity contribution in [1.29, 1.82) is 0 Å². The molecule has 0 saturated carbocycles. The summed E-state index contributed by atoms with van der Waals surface area (Å²) in [6.07, 6.45) is 0.562. The third-order valence-electron chi connectivity index (χ3n) is 3.46. The Morgan fingerprint density at radius 1 is 1.24 bits per heavy atom. The molecule has 0 saturated heterocycles. The second-order valence-corrected chi connectivity index (χ2v) is 5.08. The van der Waals surface area contributed by atoms with E-state index in [0.717, 1.165) is 29.7 Å². The van der Waals surface area contributed by atoms with Gasteiger partial charge in [-0.1, -0.05) is 12.1 Å². The number of nitrogens with two attached hydrogens (primary N) is 1. The third kappa shape index (κ3) is 4.04. The fraction of sp³-hybridized carbons (Fsp3) is 0.312. The van der Waals surface area contributed by atoms with E-state index in [9.17, 15) is 13.2 Å². The largest absolute Gasteiger partial charge is 0.416 e. The third-order valence-corrected chi connectivity index (χ3v) is 3.46. The molecule has 1 aromatic carbocycles. The lowest BCUT2D eigenvalue weighted by molar-refractivity contribution is -0.137. The highest BCUT2D eigenvalue weighted by Crippen LogP contribution is 2.31. The number of nitrogens with zero attached hydrogens (tertiary/aromatic N) is 1. The maximum atomic E-state index is 12.6. The standard InChI is InChI=1S/C16H17F3N2/c1-11-9-13(16(17,18)19)5-6-14(11)15(20)7-4-12-3-2-8-21-10-12/h2-3,5-6,8-10,15H,4,7,20H2,1H3. The predicted molar refractivity (Wildman–Crippen MR) is 75.7 cm³/mol. The van der Waals surface area contributed by atoms with Gasteiger partial charge in [0.05, 0.1) is 5.56 Å². The smallest absolute Gasteiger partial charge is 0.324 e. The SMILES string of the molecule is Cc1cc(C(F)(F)F)ccc1C(N)CCc1cccnc1. The zero-order chi connectivity index (χ0) is 15.5. The second kappa shape index (κ2) is 6.26. The van der Waals surface area contributed by atoms with Crippen molar-refractivity contribution in [2.45, 2.75) is 32.0 Å². The quantitative estimate of drug-likeness (QED) is 0.924. The van der Waals surface area contributed by atoms with Crippen molar-refractivity contribution in [1.82, 2.24) is 4.98 Å². The van der Waals surface area contributed by atoms with E-state index >= 15 is 0 Å². The maximum Gasteiger partial charge on any atom is 0.416 e. The normalized spacial score (nSPS) is 13.2. The number of aromatic nitrogens is 1.